The van der Waals surface area contributed by atoms with E-state index in [2.05, 4.69) is 15.9 Å². The molecule has 0 fully saturated rings. The van der Waals surface area contributed by atoms with E-state index in [1.54, 1.807) is 0 Å². The Morgan fingerprint density at radius 3 is 2.82 bits per heavy atom. The smallest absolute Gasteiger partial charge is 0.0923 e. The molecular weight excluding hydrogens is 300 g/mol. The highest BCUT2D eigenvalue weighted by Gasteiger charge is 2.18. The zero-order valence-electron chi connectivity index (χ0n) is 9.26. The molecule has 2 aromatic rings. The Bertz CT molecular complexity index is 610. The lowest BCUT2D eigenvalue weighted by atomic mass is 9.93. The third-order valence-corrected chi connectivity index (χ3v) is 4.32. The molecule has 2 nitrogen and oxygen atoms in total. The average Bonchev–Trinajstić information content (AvgIpc) is 2.34. The molecule has 0 atom stereocenters. The molecule has 0 amide bonds. The van der Waals surface area contributed by atoms with Crippen molar-refractivity contribution in [1.82, 2.24) is 4.98 Å². The van der Waals surface area contributed by atoms with Crippen LogP contribution in [0.5, 0.6) is 0 Å². The number of aromatic nitrogens is 1. The Labute approximate surface area is 113 Å². The van der Waals surface area contributed by atoms with E-state index in [0.29, 0.717) is 5.02 Å². The van der Waals surface area contributed by atoms with Gasteiger partial charge in [0.25, 0.3) is 0 Å². The number of hydrogen-bond acceptors (Lipinski definition) is 2. The molecule has 0 aliphatic heterocycles. The van der Waals surface area contributed by atoms with Crippen molar-refractivity contribution in [2.75, 3.05) is 5.73 Å². The number of rotatable bonds is 0. The van der Waals surface area contributed by atoms with E-state index >= 15 is 0 Å². The lowest BCUT2D eigenvalue weighted by Gasteiger charge is -2.19. The van der Waals surface area contributed by atoms with Crippen LogP contribution in [0, 0.1) is 0 Å². The Morgan fingerprint density at radius 2 is 2.00 bits per heavy atom. The van der Waals surface area contributed by atoms with Gasteiger partial charge in [0.05, 0.1) is 10.5 Å². The van der Waals surface area contributed by atoms with Gasteiger partial charge in [0.15, 0.2) is 0 Å². The minimum Gasteiger partial charge on any atom is -0.398 e. The van der Waals surface area contributed by atoms with E-state index in [-0.39, 0.29) is 0 Å². The molecule has 0 radical (unpaired) electrons. The Kier molecular flexibility index (Phi) is 2.75. The molecule has 88 valence electrons. The summed E-state index contributed by atoms with van der Waals surface area (Å²) < 4.78 is 0.968. The maximum atomic E-state index is 6.28. The van der Waals surface area contributed by atoms with Gasteiger partial charge in [-0.2, -0.15) is 0 Å². The van der Waals surface area contributed by atoms with E-state index in [4.69, 9.17) is 22.3 Å². The summed E-state index contributed by atoms with van der Waals surface area (Å²) in [7, 11) is 0. The molecule has 1 aliphatic rings. The highest BCUT2D eigenvalue weighted by molar-refractivity contribution is 9.10. The third-order valence-electron chi connectivity index (χ3n) is 3.36. The normalized spacial score (nSPS) is 14.9. The second-order valence-electron chi connectivity index (χ2n) is 4.41. The van der Waals surface area contributed by atoms with Gasteiger partial charge in [-0.05, 0) is 43.4 Å². The van der Waals surface area contributed by atoms with E-state index < -0.39 is 0 Å². The van der Waals surface area contributed by atoms with Crippen molar-refractivity contribution in [3.05, 3.63) is 32.9 Å². The third kappa shape index (κ3) is 1.72. The van der Waals surface area contributed by atoms with Crippen LogP contribution < -0.4 is 5.73 Å². The summed E-state index contributed by atoms with van der Waals surface area (Å²) in [6.45, 7) is 0. The van der Waals surface area contributed by atoms with Crippen LogP contribution in [0.15, 0.2) is 16.6 Å². The van der Waals surface area contributed by atoms with Gasteiger partial charge in [0, 0.05) is 21.2 Å². The van der Waals surface area contributed by atoms with Crippen LogP contribution >= 0.6 is 27.5 Å². The lowest BCUT2D eigenvalue weighted by molar-refractivity contribution is 0.673. The SMILES string of the molecule is Nc1c2c(nc3c(Cl)ccc(Br)c13)CCCC2. The number of hydrogen-bond donors (Lipinski definition) is 1. The van der Waals surface area contributed by atoms with Crippen LogP contribution in [0.1, 0.15) is 24.1 Å². The van der Waals surface area contributed by atoms with Gasteiger partial charge < -0.3 is 5.73 Å². The zero-order chi connectivity index (χ0) is 12.0. The van der Waals surface area contributed by atoms with Crippen LogP contribution in [0.25, 0.3) is 10.9 Å². The first-order chi connectivity index (χ1) is 8.18. The summed E-state index contributed by atoms with van der Waals surface area (Å²) in [6, 6.07) is 3.79. The molecule has 1 aromatic heterocycles. The number of nitrogens with zero attached hydrogens (tertiary/aromatic N) is 1. The number of anilines is 1. The average molecular weight is 312 g/mol. The number of fused-ring (bicyclic) bond motifs is 2. The predicted molar refractivity (Wildman–Crippen MR) is 75.5 cm³/mol. The summed E-state index contributed by atoms with van der Waals surface area (Å²) in [4.78, 5) is 4.70. The number of benzene rings is 1. The number of nitrogens with two attached hydrogens (primary N) is 1. The molecule has 1 aliphatic carbocycles. The van der Waals surface area contributed by atoms with Crippen molar-refractivity contribution < 1.29 is 0 Å². The van der Waals surface area contributed by atoms with Gasteiger partial charge in [0.1, 0.15) is 0 Å². The molecule has 2 N–H and O–H groups in total. The maximum absolute atomic E-state index is 6.28. The minimum absolute atomic E-state index is 0.670. The summed E-state index contributed by atoms with van der Waals surface area (Å²) in [6.07, 6.45) is 4.43. The van der Waals surface area contributed by atoms with Crippen molar-refractivity contribution in [3.63, 3.8) is 0 Å². The van der Waals surface area contributed by atoms with Crippen molar-refractivity contribution in [1.29, 1.82) is 0 Å². The molecule has 4 heteroatoms. The second kappa shape index (κ2) is 4.14. The van der Waals surface area contributed by atoms with E-state index in [9.17, 15) is 0 Å². The first-order valence-electron chi connectivity index (χ1n) is 5.73. The van der Waals surface area contributed by atoms with Crippen molar-refractivity contribution in [3.8, 4) is 0 Å². The fourth-order valence-electron chi connectivity index (χ4n) is 2.50. The summed E-state index contributed by atoms with van der Waals surface area (Å²) >= 11 is 9.74. The molecular formula is C13H12BrClN2. The standard InChI is InChI=1S/C13H12BrClN2/c14-8-5-6-9(15)13-11(8)12(16)7-3-1-2-4-10(7)17-13/h5-6H,1-4H2,(H2,16,17). The first kappa shape index (κ1) is 11.3. The van der Waals surface area contributed by atoms with Gasteiger partial charge in [-0.25, -0.2) is 0 Å². The Morgan fingerprint density at radius 1 is 1.24 bits per heavy atom. The van der Waals surface area contributed by atoms with Crippen LogP contribution in [-0.2, 0) is 12.8 Å². The summed E-state index contributed by atoms with van der Waals surface area (Å²) in [5.74, 6) is 0. The lowest BCUT2D eigenvalue weighted by Crippen LogP contribution is -2.09. The number of halogens is 2. The van der Waals surface area contributed by atoms with Crippen LogP contribution in [0.4, 0.5) is 5.69 Å². The van der Waals surface area contributed by atoms with Crippen LogP contribution in [0.3, 0.4) is 0 Å². The maximum Gasteiger partial charge on any atom is 0.0923 e. The topological polar surface area (TPSA) is 38.9 Å². The molecule has 1 heterocycles. The summed E-state index contributed by atoms with van der Waals surface area (Å²) in [5.41, 5.74) is 10.3. The number of pyridine rings is 1. The van der Waals surface area contributed by atoms with Crippen molar-refractivity contribution >= 4 is 44.1 Å². The fraction of sp³-hybridized carbons (Fsp3) is 0.308. The molecule has 1 aromatic carbocycles. The second-order valence-corrected chi connectivity index (χ2v) is 5.67. The van der Waals surface area contributed by atoms with E-state index in [0.717, 1.165) is 39.6 Å². The minimum atomic E-state index is 0.670. The van der Waals surface area contributed by atoms with E-state index in [1.165, 1.54) is 18.4 Å². The largest absolute Gasteiger partial charge is 0.398 e. The van der Waals surface area contributed by atoms with E-state index in [1.807, 2.05) is 12.1 Å². The number of aryl methyl sites for hydroxylation is 1. The van der Waals surface area contributed by atoms with Crippen LogP contribution in [-0.4, -0.2) is 4.98 Å². The molecule has 3 rings (SSSR count). The van der Waals surface area contributed by atoms with Gasteiger partial charge in [0.2, 0.25) is 0 Å². The van der Waals surface area contributed by atoms with Gasteiger partial charge in [-0.1, -0.05) is 27.5 Å². The molecule has 0 bridgehead atoms. The van der Waals surface area contributed by atoms with Crippen LogP contribution in [0.2, 0.25) is 5.02 Å². The highest BCUT2D eigenvalue weighted by Crippen LogP contribution is 2.37. The molecule has 0 saturated carbocycles. The predicted octanol–water partition coefficient (Wildman–Crippen LogP) is 4.11. The Balaban J connectivity index is 2.44. The zero-order valence-corrected chi connectivity index (χ0v) is 11.6. The van der Waals surface area contributed by atoms with Crippen molar-refractivity contribution in [2.45, 2.75) is 25.7 Å². The quantitative estimate of drug-likeness (QED) is 0.795. The van der Waals surface area contributed by atoms with Gasteiger partial charge >= 0.3 is 0 Å². The van der Waals surface area contributed by atoms with Crippen molar-refractivity contribution in [2.24, 2.45) is 0 Å². The first-order valence-corrected chi connectivity index (χ1v) is 6.90. The molecule has 0 unspecified atom stereocenters. The Hall–Kier alpha value is -0.800. The molecule has 0 saturated heterocycles. The van der Waals surface area contributed by atoms with Gasteiger partial charge in [-0.3, -0.25) is 4.98 Å². The fourth-order valence-corrected chi connectivity index (χ4v) is 3.23. The monoisotopic (exact) mass is 310 g/mol. The highest BCUT2D eigenvalue weighted by atomic mass is 79.9. The molecule has 0 spiro atoms. The molecule has 17 heavy (non-hydrogen) atoms. The van der Waals surface area contributed by atoms with Gasteiger partial charge in [-0.15, -0.1) is 0 Å². The number of nitrogen functional groups attached to an aromatic ring is 1. The summed E-state index contributed by atoms with van der Waals surface area (Å²) in [5, 5.41) is 1.63.